The molecule has 4 aromatic rings. The van der Waals surface area contributed by atoms with Crippen molar-refractivity contribution in [3.8, 4) is 0 Å². The molecule has 0 spiro atoms. The van der Waals surface area contributed by atoms with Gasteiger partial charge in [0.1, 0.15) is 6.04 Å². The molecule has 2 atom stereocenters. The van der Waals surface area contributed by atoms with Crippen molar-refractivity contribution in [2.45, 2.75) is 45.4 Å². The highest BCUT2D eigenvalue weighted by molar-refractivity contribution is 5.85. The summed E-state index contributed by atoms with van der Waals surface area (Å²) in [5.41, 5.74) is 4.88. The maximum atomic E-state index is 13.6. The summed E-state index contributed by atoms with van der Waals surface area (Å²) in [5.74, 6) is 0.693. The molecule has 2 saturated heterocycles. The van der Waals surface area contributed by atoms with Crippen molar-refractivity contribution in [2.75, 3.05) is 37.7 Å². The van der Waals surface area contributed by atoms with E-state index in [1.54, 1.807) is 0 Å². The minimum Gasteiger partial charge on any atom is -0.376 e. The van der Waals surface area contributed by atoms with Crippen molar-refractivity contribution in [1.82, 2.24) is 30.1 Å². The number of aromatic nitrogens is 5. The lowest BCUT2D eigenvalue weighted by Crippen LogP contribution is -2.49. The Hall–Kier alpha value is -3.56. The van der Waals surface area contributed by atoms with Crippen LogP contribution in [0.3, 0.4) is 0 Å². The molecule has 9 nitrogen and oxygen atoms in total. The summed E-state index contributed by atoms with van der Waals surface area (Å²) in [7, 11) is 0. The Morgan fingerprint density at radius 1 is 1.05 bits per heavy atom. The summed E-state index contributed by atoms with van der Waals surface area (Å²) in [4.78, 5) is 21.5. The van der Waals surface area contributed by atoms with Crippen molar-refractivity contribution in [2.24, 2.45) is 0 Å². The lowest BCUT2D eigenvalue weighted by atomic mass is 9.99. The number of hydrogen-bond donors (Lipinski definition) is 1. The molecule has 192 valence electrons. The molecule has 2 aliphatic heterocycles. The van der Waals surface area contributed by atoms with Gasteiger partial charge in [0, 0.05) is 49.4 Å². The van der Waals surface area contributed by atoms with Crippen LogP contribution in [-0.2, 0) is 11.3 Å². The first kappa shape index (κ1) is 23.8. The number of nitrogens with zero attached hydrogens (tertiary/aromatic N) is 6. The number of ether oxygens (including phenoxy) is 1. The molecule has 2 aliphatic rings. The van der Waals surface area contributed by atoms with E-state index in [0.29, 0.717) is 17.9 Å². The van der Waals surface area contributed by atoms with Crippen LogP contribution in [-0.4, -0.2) is 69.0 Å². The third-order valence-corrected chi connectivity index (χ3v) is 7.77. The van der Waals surface area contributed by atoms with Gasteiger partial charge in [0.05, 0.1) is 18.2 Å². The zero-order valence-electron chi connectivity index (χ0n) is 21.4. The van der Waals surface area contributed by atoms with Crippen LogP contribution in [0.25, 0.3) is 10.9 Å². The van der Waals surface area contributed by atoms with Crippen LogP contribution in [0.15, 0.2) is 53.3 Å². The standard InChI is InChI=1S/C28H33N7O2/c1-19-10-11-20(2)25-23(19)17-24(28(36)29-25)26(27-30-31-32-35(27)18-22-9-6-16-37-22)34-14-12-33(13-15-34)21-7-4-3-5-8-21/h3-5,7-8,10-11,17,22,26H,6,9,12-16,18H2,1-2H3,(H,29,36). The molecular formula is C28H33N7O2. The monoisotopic (exact) mass is 499 g/mol. The van der Waals surface area contributed by atoms with E-state index in [1.165, 1.54) is 5.69 Å². The van der Waals surface area contributed by atoms with Gasteiger partial charge in [0.2, 0.25) is 0 Å². The number of hydrogen-bond acceptors (Lipinski definition) is 7. The highest BCUT2D eigenvalue weighted by Crippen LogP contribution is 2.30. The van der Waals surface area contributed by atoms with E-state index in [2.05, 4.69) is 79.7 Å². The maximum absolute atomic E-state index is 13.6. The smallest absolute Gasteiger partial charge is 0.253 e. The Morgan fingerprint density at radius 2 is 1.84 bits per heavy atom. The van der Waals surface area contributed by atoms with Gasteiger partial charge in [0.15, 0.2) is 5.82 Å². The molecule has 2 fully saturated rings. The van der Waals surface area contributed by atoms with Gasteiger partial charge in [-0.1, -0.05) is 30.3 Å². The second-order valence-electron chi connectivity index (χ2n) is 10.2. The Bertz CT molecular complexity index is 1430. The largest absolute Gasteiger partial charge is 0.376 e. The number of fused-ring (bicyclic) bond motifs is 1. The van der Waals surface area contributed by atoms with Crippen LogP contribution in [0.5, 0.6) is 0 Å². The van der Waals surface area contributed by atoms with Crippen LogP contribution in [0, 0.1) is 13.8 Å². The van der Waals surface area contributed by atoms with Crippen molar-refractivity contribution in [3.63, 3.8) is 0 Å². The normalized spacial score (nSPS) is 19.5. The van der Waals surface area contributed by atoms with Crippen LogP contribution < -0.4 is 10.5 Å². The number of benzene rings is 2. The molecule has 0 saturated carbocycles. The van der Waals surface area contributed by atoms with Gasteiger partial charge in [-0.15, -0.1) is 5.10 Å². The van der Waals surface area contributed by atoms with Crippen molar-refractivity contribution in [1.29, 1.82) is 0 Å². The minimum absolute atomic E-state index is 0.0941. The first-order valence-electron chi connectivity index (χ1n) is 13.1. The van der Waals surface area contributed by atoms with E-state index in [4.69, 9.17) is 4.74 Å². The molecule has 0 amide bonds. The van der Waals surface area contributed by atoms with Crippen LogP contribution in [0.4, 0.5) is 5.69 Å². The van der Waals surface area contributed by atoms with Gasteiger partial charge in [-0.05, 0) is 66.4 Å². The number of nitrogens with one attached hydrogen (secondary N) is 1. The highest BCUT2D eigenvalue weighted by Gasteiger charge is 2.33. The van der Waals surface area contributed by atoms with Gasteiger partial charge in [-0.3, -0.25) is 9.69 Å². The summed E-state index contributed by atoms with van der Waals surface area (Å²) < 4.78 is 7.73. The Morgan fingerprint density at radius 3 is 2.59 bits per heavy atom. The number of para-hydroxylation sites is 1. The molecule has 0 aliphatic carbocycles. The summed E-state index contributed by atoms with van der Waals surface area (Å²) in [6, 6.07) is 16.3. The van der Waals surface area contributed by atoms with Crippen LogP contribution >= 0.6 is 0 Å². The predicted molar refractivity (Wildman–Crippen MR) is 143 cm³/mol. The molecule has 2 aromatic carbocycles. The number of tetrazole rings is 1. The SMILES string of the molecule is Cc1ccc(C)c2[nH]c(=O)c(C(c3nnnn3CC3CCCO3)N3CCN(c4ccccc4)CC3)cc12. The van der Waals surface area contributed by atoms with Gasteiger partial charge in [-0.2, -0.15) is 0 Å². The molecule has 6 rings (SSSR count). The quantitative estimate of drug-likeness (QED) is 0.435. The molecule has 9 heteroatoms. The fraction of sp³-hybridized carbons (Fsp3) is 0.429. The fourth-order valence-corrected chi connectivity index (χ4v) is 5.69. The topological polar surface area (TPSA) is 92.2 Å². The van der Waals surface area contributed by atoms with Crippen LogP contribution in [0.2, 0.25) is 0 Å². The molecule has 2 aromatic heterocycles. The third kappa shape index (κ3) is 4.65. The lowest BCUT2D eigenvalue weighted by molar-refractivity contribution is 0.0906. The lowest BCUT2D eigenvalue weighted by Gasteiger charge is -2.39. The average Bonchev–Trinajstić information content (AvgIpc) is 3.61. The number of aromatic amines is 1. The van der Waals surface area contributed by atoms with E-state index in [9.17, 15) is 4.79 Å². The van der Waals surface area contributed by atoms with Crippen molar-refractivity contribution < 1.29 is 4.74 Å². The Labute approximate surface area is 216 Å². The number of pyridine rings is 1. The second-order valence-corrected chi connectivity index (χ2v) is 10.2. The van der Waals surface area contributed by atoms with E-state index >= 15 is 0 Å². The van der Waals surface area contributed by atoms with Crippen molar-refractivity contribution >= 4 is 16.6 Å². The number of piperazine rings is 1. The maximum Gasteiger partial charge on any atom is 0.253 e. The first-order chi connectivity index (χ1) is 18.1. The van der Waals surface area contributed by atoms with E-state index in [-0.39, 0.29) is 17.7 Å². The number of anilines is 1. The minimum atomic E-state index is -0.359. The third-order valence-electron chi connectivity index (χ3n) is 7.77. The molecule has 1 N–H and O–H groups in total. The summed E-state index contributed by atoms with van der Waals surface area (Å²) >= 11 is 0. The number of rotatable bonds is 6. The second kappa shape index (κ2) is 10.1. The highest BCUT2D eigenvalue weighted by atomic mass is 16.5. The summed E-state index contributed by atoms with van der Waals surface area (Å²) in [6.07, 6.45) is 2.14. The number of H-pyrrole nitrogens is 1. The van der Waals surface area contributed by atoms with E-state index in [1.807, 2.05) is 17.7 Å². The Kier molecular flexibility index (Phi) is 6.48. The molecule has 0 bridgehead atoms. The predicted octanol–water partition coefficient (Wildman–Crippen LogP) is 3.22. The Balaban J connectivity index is 1.40. The fourth-order valence-electron chi connectivity index (χ4n) is 5.69. The molecule has 0 radical (unpaired) electrons. The summed E-state index contributed by atoms with van der Waals surface area (Å²) in [6.45, 7) is 8.77. The van der Waals surface area contributed by atoms with Gasteiger partial charge < -0.3 is 14.6 Å². The van der Waals surface area contributed by atoms with Crippen molar-refractivity contribution in [3.05, 3.63) is 81.4 Å². The van der Waals surface area contributed by atoms with E-state index < -0.39 is 0 Å². The zero-order valence-corrected chi connectivity index (χ0v) is 21.4. The average molecular weight is 500 g/mol. The molecule has 4 heterocycles. The van der Waals surface area contributed by atoms with Crippen LogP contribution in [0.1, 0.15) is 41.4 Å². The summed E-state index contributed by atoms with van der Waals surface area (Å²) in [5, 5.41) is 13.9. The molecule has 37 heavy (non-hydrogen) atoms. The molecular weight excluding hydrogens is 466 g/mol. The number of aryl methyl sites for hydroxylation is 2. The van der Waals surface area contributed by atoms with Gasteiger partial charge in [0.25, 0.3) is 5.56 Å². The molecule has 2 unspecified atom stereocenters. The van der Waals surface area contributed by atoms with Gasteiger partial charge >= 0.3 is 0 Å². The van der Waals surface area contributed by atoms with Gasteiger partial charge in [-0.25, -0.2) is 4.68 Å². The zero-order chi connectivity index (χ0) is 25.4. The first-order valence-corrected chi connectivity index (χ1v) is 13.1. The van der Waals surface area contributed by atoms with E-state index in [0.717, 1.165) is 67.7 Å².